The number of rotatable bonds is 1. The first-order valence-electron chi connectivity index (χ1n) is 5.81. The molecule has 1 saturated carbocycles. The van der Waals surface area contributed by atoms with Crippen molar-refractivity contribution >= 4 is 12.4 Å². The summed E-state index contributed by atoms with van der Waals surface area (Å²) >= 11 is 0. The van der Waals surface area contributed by atoms with Crippen LogP contribution in [-0.2, 0) is 9.53 Å². The molecule has 1 aliphatic carbocycles. The van der Waals surface area contributed by atoms with Crippen LogP contribution in [0.5, 0.6) is 0 Å². The molecular weight excluding hydrogens is 206 g/mol. The molecule has 2 atom stereocenters. The molecule has 1 aliphatic heterocycles. The van der Waals surface area contributed by atoms with Crippen molar-refractivity contribution in [1.82, 2.24) is 4.90 Å². The minimum absolute atomic E-state index is 0.253. The molecule has 0 N–H and O–H groups in total. The fourth-order valence-corrected chi connectivity index (χ4v) is 2.54. The number of hydrogen-bond donors (Lipinski definition) is 0. The first-order valence-corrected chi connectivity index (χ1v) is 5.81. The number of hydrogen-bond acceptors (Lipinski definition) is 3. The number of nitrogens with zero attached hydrogens (tertiary/aromatic N) is 1. The zero-order valence-electron chi connectivity index (χ0n) is 10.2. The van der Waals surface area contributed by atoms with Crippen molar-refractivity contribution < 1.29 is 14.3 Å². The van der Waals surface area contributed by atoms with E-state index in [1.165, 1.54) is 0 Å². The fourth-order valence-electron chi connectivity index (χ4n) is 2.54. The van der Waals surface area contributed by atoms with Crippen LogP contribution in [0.3, 0.4) is 0 Å². The monoisotopic (exact) mass is 225 g/mol. The Morgan fingerprint density at radius 2 is 2.19 bits per heavy atom. The molecule has 1 saturated heterocycles. The molecule has 16 heavy (non-hydrogen) atoms. The third-order valence-electron chi connectivity index (χ3n) is 3.58. The van der Waals surface area contributed by atoms with E-state index >= 15 is 0 Å². The maximum atomic E-state index is 11.8. The minimum atomic E-state index is -0.465. The van der Waals surface area contributed by atoms with Crippen LogP contribution in [0.1, 0.15) is 33.6 Å². The van der Waals surface area contributed by atoms with Gasteiger partial charge in [-0.3, -0.25) is 0 Å². The average Bonchev–Trinajstić information content (AvgIpc) is 2.37. The van der Waals surface area contributed by atoms with E-state index in [9.17, 15) is 9.59 Å². The first-order chi connectivity index (χ1) is 7.36. The summed E-state index contributed by atoms with van der Waals surface area (Å²) in [6, 6.07) is 0. The van der Waals surface area contributed by atoms with E-state index in [1.54, 1.807) is 4.90 Å². The van der Waals surface area contributed by atoms with E-state index in [0.717, 1.165) is 19.1 Å². The number of ether oxygens (including phenoxy) is 1. The van der Waals surface area contributed by atoms with Gasteiger partial charge in [0.25, 0.3) is 0 Å². The van der Waals surface area contributed by atoms with Crippen molar-refractivity contribution in [3.8, 4) is 0 Å². The van der Waals surface area contributed by atoms with Crippen molar-refractivity contribution in [3.05, 3.63) is 0 Å². The van der Waals surface area contributed by atoms with Crippen LogP contribution in [0.2, 0.25) is 0 Å². The van der Waals surface area contributed by atoms with E-state index in [-0.39, 0.29) is 11.5 Å². The molecule has 0 bridgehead atoms. The van der Waals surface area contributed by atoms with Crippen LogP contribution in [0.15, 0.2) is 0 Å². The molecule has 90 valence electrons. The van der Waals surface area contributed by atoms with E-state index in [0.29, 0.717) is 19.0 Å². The molecule has 0 spiro atoms. The largest absolute Gasteiger partial charge is 0.444 e. The lowest BCUT2D eigenvalue weighted by molar-refractivity contribution is -0.122. The van der Waals surface area contributed by atoms with Gasteiger partial charge < -0.3 is 14.4 Å². The second kappa shape index (κ2) is 3.47. The van der Waals surface area contributed by atoms with Crippen molar-refractivity contribution in [2.45, 2.75) is 39.2 Å². The van der Waals surface area contributed by atoms with Gasteiger partial charge in [0, 0.05) is 18.5 Å². The summed E-state index contributed by atoms with van der Waals surface area (Å²) in [5.74, 6) is 0.359. The summed E-state index contributed by atoms with van der Waals surface area (Å²) in [7, 11) is 0. The van der Waals surface area contributed by atoms with Gasteiger partial charge in [0.2, 0.25) is 0 Å². The highest BCUT2D eigenvalue weighted by Gasteiger charge is 2.54. The van der Waals surface area contributed by atoms with E-state index < -0.39 is 5.60 Å². The number of carbonyl (C=O) groups excluding carboxylic acids is 2. The smallest absolute Gasteiger partial charge is 0.410 e. The molecule has 1 amide bonds. The number of likely N-dealkylation sites (tertiary alicyclic amines) is 1. The molecule has 0 aromatic heterocycles. The number of carbonyl (C=O) groups is 2. The Balaban J connectivity index is 1.98. The summed E-state index contributed by atoms with van der Waals surface area (Å²) in [4.78, 5) is 24.6. The molecule has 2 rings (SSSR count). The number of aldehydes is 1. The van der Waals surface area contributed by atoms with Crippen molar-refractivity contribution in [2.24, 2.45) is 11.3 Å². The third-order valence-corrected chi connectivity index (χ3v) is 3.58. The number of amides is 1. The lowest BCUT2D eigenvalue weighted by Crippen LogP contribution is -2.41. The summed E-state index contributed by atoms with van der Waals surface area (Å²) in [6.07, 6.45) is 2.72. The Labute approximate surface area is 95.9 Å². The van der Waals surface area contributed by atoms with Gasteiger partial charge in [0.05, 0.1) is 0 Å². The molecule has 0 aromatic rings. The van der Waals surface area contributed by atoms with Gasteiger partial charge in [-0.1, -0.05) is 0 Å². The van der Waals surface area contributed by atoms with Gasteiger partial charge in [0.1, 0.15) is 11.9 Å². The zero-order valence-corrected chi connectivity index (χ0v) is 10.2. The summed E-state index contributed by atoms with van der Waals surface area (Å²) in [5.41, 5.74) is -0.718. The summed E-state index contributed by atoms with van der Waals surface area (Å²) in [6.45, 7) is 6.77. The topological polar surface area (TPSA) is 46.6 Å². The standard InChI is InChI=1S/C12H19NO3/c1-11(2,3)16-10(15)13-6-9-4-5-12(9,7-13)8-14/h8-9H,4-7H2,1-3H3/t9-,12+/m0/s1. The normalized spacial score (nSPS) is 32.9. The van der Waals surface area contributed by atoms with Crippen molar-refractivity contribution in [1.29, 1.82) is 0 Å². The Morgan fingerprint density at radius 3 is 2.56 bits per heavy atom. The lowest BCUT2D eigenvalue weighted by Gasteiger charge is -2.38. The summed E-state index contributed by atoms with van der Waals surface area (Å²) in [5, 5.41) is 0. The van der Waals surface area contributed by atoms with Gasteiger partial charge in [-0.2, -0.15) is 0 Å². The van der Waals surface area contributed by atoms with Crippen LogP contribution >= 0.6 is 0 Å². The van der Waals surface area contributed by atoms with Gasteiger partial charge >= 0.3 is 6.09 Å². The average molecular weight is 225 g/mol. The maximum Gasteiger partial charge on any atom is 0.410 e. The van der Waals surface area contributed by atoms with E-state index in [1.807, 2.05) is 20.8 Å². The second-order valence-electron chi connectivity index (χ2n) is 5.95. The molecule has 1 heterocycles. The molecule has 2 fully saturated rings. The Kier molecular flexibility index (Phi) is 2.48. The van der Waals surface area contributed by atoms with E-state index in [2.05, 4.69) is 0 Å². The second-order valence-corrected chi connectivity index (χ2v) is 5.95. The van der Waals surface area contributed by atoms with Gasteiger partial charge in [0.15, 0.2) is 0 Å². The Morgan fingerprint density at radius 1 is 1.50 bits per heavy atom. The zero-order chi connectivity index (χ0) is 12.0. The van der Waals surface area contributed by atoms with Crippen molar-refractivity contribution in [2.75, 3.05) is 13.1 Å². The van der Waals surface area contributed by atoms with E-state index in [4.69, 9.17) is 4.74 Å². The van der Waals surface area contributed by atoms with Crippen LogP contribution < -0.4 is 0 Å². The molecule has 2 aliphatic rings. The molecule has 4 nitrogen and oxygen atoms in total. The quantitative estimate of drug-likeness (QED) is 0.640. The van der Waals surface area contributed by atoms with Crippen LogP contribution in [-0.4, -0.2) is 36.0 Å². The summed E-state index contributed by atoms with van der Waals surface area (Å²) < 4.78 is 5.31. The Hall–Kier alpha value is -1.06. The van der Waals surface area contributed by atoms with Gasteiger partial charge in [-0.15, -0.1) is 0 Å². The lowest BCUT2D eigenvalue weighted by atomic mass is 9.63. The van der Waals surface area contributed by atoms with Gasteiger partial charge in [-0.25, -0.2) is 4.79 Å². The molecule has 0 aromatic carbocycles. The van der Waals surface area contributed by atoms with Crippen LogP contribution in [0.4, 0.5) is 4.79 Å². The predicted molar refractivity (Wildman–Crippen MR) is 59.0 cm³/mol. The third kappa shape index (κ3) is 1.81. The minimum Gasteiger partial charge on any atom is -0.444 e. The SMILES string of the molecule is CC(C)(C)OC(=O)N1C[C@@H]2CC[C@]2(C=O)C1. The Bertz CT molecular complexity index is 321. The molecule has 0 radical (unpaired) electrons. The van der Waals surface area contributed by atoms with Crippen LogP contribution in [0.25, 0.3) is 0 Å². The van der Waals surface area contributed by atoms with Gasteiger partial charge in [-0.05, 0) is 39.5 Å². The molecule has 0 unspecified atom stereocenters. The van der Waals surface area contributed by atoms with Crippen LogP contribution in [0, 0.1) is 11.3 Å². The highest BCUT2D eigenvalue weighted by atomic mass is 16.6. The first kappa shape index (κ1) is 11.4. The molecule has 4 heteroatoms. The highest BCUT2D eigenvalue weighted by Crippen LogP contribution is 2.50. The maximum absolute atomic E-state index is 11.8. The highest BCUT2D eigenvalue weighted by molar-refractivity contribution is 5.72. The fraction of sp³-hybridized carbons (Fsp3) is 0.833. The molecular formula is C12H19NO3. The predicted octanol–water partition coefficient (Wildman–Crippen LogP) is 1.83. The van der Waals surface area contributed by atoms with Crippen molar-refractivity contribution in [3.63, 3.8) is 0 Å². The number of fused-ring (bicyclic) bond motifs is 1.